The third-order valence-corrected chi connectivity index (χ3v) is 6.77. The number of nitrogens with one attached hydrogen (secondary N) is 1. The molecule has 23 heavy (non-hydrogen) atoms. The Morgan fingerprint density at radius 2 is 1.96 bits per heavy atom. The van der Waals surface area contributed by atoms with Crippen LogP contribution in [0, 0.1) is 6.92 Å². The van der Waals surface area contributed by atoms with Crippen LogP contribution in [0.2, 0.25) is 0 Å². The molecule has 5 nitrogen and oxygen atoms in total. The van der Waals surface area contributed by atoms with Crippen molar-refractivity contribution in [1.82, 2.24) is 0 Å². The van der Waals surface area contributed by atoms with Crippen LogP contribution in [0.15, 0.2) is 16.6 Å². The molecule has 1 aromatic rings. The lowest BCUT2D eigenvalue weighted by Gasteiger charge is -2.13. The highest BCUT2D eigenvalue weighted by Crippen LogP contribution is 2.28. The minimum atomic E-state index is -3.18. The molecular formula is C15H22BrClN2O3S. The molecule has 0 aliphatic heterocycles. The molecule has 8 heteroatoms. The maximum atomic E-state index is 12.2. The molecule has 1 aliphatic rings. The number of carbonyl (C=O) groups is 1. The number of aryl methyl sites for hydroxylation is 1. The van der Waals surface area contributed by atoms with Crippen molar-refractivity contribution in [1.29, 1.82) is 0 Å². The van der Waals surface area contributed by atoms with Crippen molar-refractivity contribution >= 4 is 55.5 Å². The summed E-state index contributed by atoms with van der Waals surface area (Å²) in [7, 11) is -3.18. The minimum Gasteiger partial charge on any atom is -0.397 e. The van der Waals surface area contributed by atoms with E-state index in [4.69, 9.17) is 5.73 Å². The van der Waals surface area contributed by atoms with Gasteiger partial charge in [-0.05, 0) is 37.5 Å². The number of hydrogen-bond donors (Lipinski definition) is 2. The normalized spacial score (nSPS) is 15.2. The van der Waals surface area contributed by atoms with Gasteiger partial charge in [-0.2, -0.15) is 0 Å². The Bertz CT molecular complexity index is 674. The van der Waals surface area contributed by atoms with Crippen LogP contribution in [-0.2, 0) is 14.6 Å². The Kier molecular flexibility index (Phi) is 7.35. The second-order valence-corrected chi connectivity index (χ2v) is 9.07. The summed E-state index contributed by atoms with van der Waals surface area (Å²) in [6, 6.07) is 3.57. The van der Waals surface area contributed by atoms with E-state index in [9.17, 15) is 13.2 Å². The smallest absolute Gasteiger partial charge is 0.225 e. The predicted molar refractivity (Wildman–Crippen MR) is 99.8 cm³/mol. The van der Waals surface area contributed by atoms with Gasteiger partial charge in [0.05, 0.1) is 22.4 Å². The number of hydrogen-bond acceptors (Lipinski definition) is 4. The van der Waals surface area contributed by atoms with Gasteiger partial charge < -0.3 is 11.1 Å². The maximum absolute atomic E-state index is 12.2. The standard InChI is InChI=1S/C15H21BrN2O3S.ClH/c1-10-8-11(16)9-13(15(10)17)18-14(19)6-7-22(20,21)12-4-2-3-5-12;/h8-9,12H,2-7,17H2,1H3,(H,18,19);1H. The average molecular weight is 426 g/mol. The van der Waals surface area contributed by atoms with E-state index in [1.807, 2.05) is 13.0 Å². The molecule has 1 saturated carbocycles. The second kappa shape index (κ2) is 8.35. The lowest BCUT2D eigenvalue weighted by atomic mass is 10.1. The molecule has 0 heterocycles. The average Bonchev–Trinajstić information content (AvgIpc) is 2.97. The fourth-order valence-corrected chi connectivity index (χ4v) is 5.15. The van der Waals surface area contributed by atoms with Gasteiger partial charge in [0.1, 0.15) is 0 Å². The van der Waals surface area contributed by atoms with Crippen molar-refractivity contribution in [3.63, 3.8) is 0 Å². The molecular weight excluding hydrogens is 404 g/mol. The summed E-state index contributed by atoms with van der Waals surface area (Å²) in [6.07, 6.45) is 3.33. The molecule has 0 atom stereocenters. The van der Waals surface area contributed by atoms with Crippen molar-refractivity contribution < 1.29 is 13.2 Å². The fraction of sp³-hybridized carbons (Fsp3) is 0.533. The number of sulfone groups is 1. The zero-order chi connectivity index (χ0) is 16.3. The van der Waals surface area contributed by atoms with Crippen LogP contribution < -0.4 is 11.1 Å². The number of rotatable bonds is 5. The molecule has 1 fully saturated rings. The van der Waals surface area contributed by atoms with Gasteiger partial charge in [0, 0.05) is 10.9 Å². The lowest BCUT2D eigenvalue weighted by Crippen LogP contribution is -2.24. The Morgan fingerprint density at radius 1 is 1.35 bits per heavy atom. The van der Waals surface area contributed by atoms with Crippen LogP contribution in [0.3, 0.4) is 0 Å². The quantitative estimate of drug-likeness (QED) is 0.707. The van der Waals surface area contributed by atoms with E-state index in [-0.39, 0.29) is 35.7 Å². The summed E-state index contributed by atoms with van der Waals surface area (Å²) in [5.74, 6) is -0.429. The fourth-order valence-electron chi connectivity index (χ4n) is 2.72. The van der Waals surface area contributed by atoms with E-state index in [2.05, 4.69) is 21.2 Å². The third kappa shape index (κ3) is 5.36. The summed E-state index contributed by atoms with van der Waals surface area (Å²) in [6.45, 7) is 1.85. The van der Waals surface area contributed by atoms with Gasteiger partial charge in [-0.3, -0.25) is 4.79 Å². The molecule has 2 rings (SSSR count). The summed E-state index contributed by atoms with van der Waals surface area (Å²) in [5.41, 5.74) is 7.78. The highest BCUT2D eigenvalue weighted by Gasteiger charge is 2.28. The van der Waals surface area contributed by atoms with Crippen molar-refractivity contribution in [3.8, 4) is 0 Å². The number of benzene rings is 1. The third-order valence-electron chi connectivity index (χ3n) is 4.05. The van der Waals surface area contributed by atoms with Crippen LogP contribution in [0.5, 0.6) is 0 Å². The molecule has 0 saturated heterocycles. The zero-order valence-corrected chi connectivity index (χ0v) is 16.2. The van der Waals surface area contributed by atoms with Crippen LogP contribution in [0.4, 0.5) is 11.4 Å². The number of nitrogen functional groups attached to an aromatic ring is 1. The van der Waals surface area contributed by atoms with Gasteiger partial charge in [-0.1, -0.05) is 28.8 Å². The Balaban J connectivity index is 0.00000264. The summed E-state index contributed by atoms with van der Waals surface area (Å²) >= 11 is 3.35. The van der Waals surface area contributed by atoms with E-state index in [1.165, 1.54) is 0 Å². The van der Waals surface area contributed by atoms with Gasteiger partial charge in [0.2, 0.25) is 5.91 Å². The first-order chi connectivity index (χ1) is 10.3. The largest absolute Gasteiger partial charge is 0.397 e. The second-order valence-electron chi connectivity index (χ2n) is 5.76. The molecule has 1 amide bonds. The first-order valence-corrected chi connectivity index (χ1v) is 9.87. The van der Waals surface area contributed by atoms with E-state index in [0.717, 1.165) is 35.7 Å². The first-order valence-electron chi connectivity index (χ1n) is 7.36. The van der Waals surface area contributed by atoms with Crippen molar-refractivity contribution in [2.45, 2.75) is 44.3 Å². The van der Waals surface area contributed by atoms with E-state index >= 15 is 0 Å². The first kappa shape index (κ1) is 20.3. The van der Waals surface area contributed by atoms with E-state index in [0.29, 0.717) is 11.4 Å². The molecule has 1 aliphatic carbocycles. The number of anilines is 2. The molecule has 1 aromatic carbocycles. The number of nitrogens with two attached hydrogens (primary N) is 1. The summed E-state index contributed by atoms with van der Waals surface area (Å²) in [4.78, 5) is 12.0. The minimum absolute atomic E-state index is 0. The van der Waals surface area contributed by atoms with Crippen LogP contribution >= 0.6 is 28.3 Å². The molecule has 3 N–H and O–H groups in total. The number of halogens is 2. The van der Waals surface area contributed by atoms with Crippen molar-refractivity contribution in [2.24, 2.45) is 0 Å². The Labute approximate surface area is 151 Å². The molecule has 0 spiro atoms. The summed E-state index contributed by atoms with van der Waals surface area (Å²) < 4.78 is 25.1. The predicted octanol–water partition coefficient (Wildman–Crippen LogP) is 3.45. The molecule has 0 bridgehead atoms. The van der Waals surface area contributed by atoms with Crippen molar-refractivity contribution in [3.05, 3.63) is 22.2 Å². The van der Waals surface area contributed by atoms with Gasteiger partial charge >= 0.3 is 0 Å². The van der Waals surface area contributed by atoms with Crippen molar-refractivity contribution in [2.75, 3.05) is 16.8 Å². The summed E-state index contributed by atoms with van der Waals surface area (Å²) in [5, 5.41) is 2.43. The van der Waals surface area contributed by atoms with Gasteiger partial charge in [0.15, 0.2) is 9.84 Å². The molecule has 0 radical (unpaired) electrons. The Morgan fingerprint density at radius 3 is 2.57 bits per heavy atom. The maximum Gasteiger partial charge on any atom is 0.225 e. The van der Waals surface area contributed by atoms with Gasteiger partial charge in [-0.25, -0.2) is 8.42 Å². The highest BCUT2D eigenvalue weighted by molar-refractivity contribution is 9.10. The zero-order valence-electron chi connectivity index (χ0n) is 13.0. The molecule has 0 aromatic heterocycles. The lowest BCUT2D eigenvalue weighted by molar-refractivity contribution is -0.115. The van der Waals surface area contributed by atoms with Crippen LogP contribution in [-0.4, -0.2) is 25.3 Å². The van der Waals surface area contributed by atoms with E-state index in [1.54, 1.807) is 6.07 Å². The van der Waals surface area contributed by atoms with Crippen LogP contribution in [0.25, 0.3) is 0 Å². The van der Waals surface area contributed by atoms with Gasteiger partial charge in [0.25, 0.3) is 0 Å². The number of amides is 1. The molecule has 0 unspecified atom stereocenters. The topological polar surface area (TPSA) is 89.3 Å². The number of carbonyl (C=O) groups excluding carboxylic acids is 1. The highest BCUT2D eigenvalue weighted by atomic mass is 79.9. The van der Waals surface area contributed by atoms with Crippen LogP contribution in [0.1, 0.15) is 37.7 Å². The Hall–Kier alpha value is -0.790. The van der Waals surface area contributed by atoms with Gasteiger partial charge in [-0.15, -0.1) is 12.4 Å². The monoisotopic (exact) mass is 424 g/mol. The molecule has 130 valence electrons. The van der Waals surface area contributed by atoms with E-state index < -0.39 is 9.84 Å². The SMILES string of the molecule is Cc1cc(Br)cc(NC(=O)CCS(=O)(=O)C2CCCC2)c1N.Cl.